The van der Waals surface area contributed by atoms with Crippen molar-refractivity contribution in [1.29, 1.82) is 0 Å². The van der Waals surface area contributed by atoms with Crippen molar-refractivity contribution in [2.24, 2.45) is 0 Å². The Labute approximate surface area is 133 Å². The van der Waals surface area contributed by atoms with Crippen molar-refractivity contribution in [3.05, 3.63) is 39.9 Å². The normalized spacial score (nSPS) is 10.8. The van der Waals surface area contributed by atoms with Crippen LogP contribution < -0.4 is 15.2 Å². The lowest BCUT2D eigenvalue weighted by Crippen LogP contribution is -2.09. The van der Waals surface area contributed by atoms with Gasteiger partial charge in [0.1, 0.15) is 5.75 Å². The van der Waals surface area contributed by atoms with Crippen LogP contribution in [-0.4, -0.2) is 11.1 Å². The minimum absolute atomic E-state index is 0.00668. The quantitative estimate of drug-likeness (QED) is 0.873. The first-order chi connectivity index (χ1) is 9.86. The van der Waals surface area contributed by atoms with Gasteiger partial charge in [-0.1, -0.05) is 15.9 Å². The van der Waals surface area contributed by atoms with Crippen LogP contribution in [0.25, 0.3) is 0 Å². The van der Waals surface area contributed by atoms with E-state index in [1.54, 1.807) is 12.1 Å². The first-order valence-corrected chi connectivity index (χ1v) is 7.54. The van der Waals surface area contributed by atoms with E-state index < -0.39 is 0 Å². The van der Waals surface area contributed by atoms with Crippen molar-refractivity contribution in [2.45, 2.75) is 33.8 Å². The summed E-state index contributed by atoms with van der Waals surface area (Å²) in [5, 5.41) is 0. The number of hydrogen-bond acceptors (Lipinski definition) is 4. The van der Waals surface area contributed by atoms with E-state index in [0.29, 0.717) is 17.4 Å². The number of benzene rings is 1. The lowest BCUT2D eigenvalue weighted by molar-refractivity contribution is 0.232. The fourth-order valence-corrected chi connectivity index (χ4v) is 2.12. The second-order valence-electron chi connectivity index (χ2n) is 5.18. The molecule has 2 aromatic rings. The van der Waals surface area contributed by atoms with Crippen LogP contribution in [0.1, 0.15) is 25.0 Å². The summed E-state index contributed by atoms with van der Waals surface area (Å²) in [6.07, 6.45) is 0.00668. The average Bonchev–Trinajstić information content (AvgIpc) is 2.39. The molecule has 21 heavy (non-hydrogen) atoms. The number of rotatable bonds is 4. The summed E-state index contributed by atoms with van der Waals surface area (Å²) in [5.74, 6) is 1.59. The second-order valence-corrected chi connectivity index (χ2v) is 5.98. The summed E-state index contributed by atoms with van der Waals surface area (Å²) in [6, 6.07) is 7.38. The lowest BCUT2D eigenvalue weighted by Gasteiger charge is -2.13. The molecule has 1 heterocycles. The Morgan fingerprint density at radius 3 is 2.33 bits per heavy atom. The van der Waals surface area contributed by atoms with E-state index in [-0.39, 0.29) is 6.10 Å². The van der Waals surface area contributed by atoms with Crippen LogP contribution in [-0.2, 0) is 0 Å². The van der Waals surface area contributed by atoms with Gasteiger partial charge in [-0.25, -0.2) is 0 Å². The molecule has 112 valence electrons. The van der Waals surface area contributed by atoms with Gasteiger partial charge in [0.25, 0.3) is 0 Å². The van der Waals surface area contributed by atoms with E-state index in [1.807, 2.05) is 39.8 Å². The van der Waals surface area contributed by atoms with Gasteiger partial charge in [0.2, 0.25) is 11.8 Å². The molecule has 0 saturated carbocycles. The molecule has 4 nitrogen and oxygen atoms in total. The van der Waals surface area contributed by atoms with Gasteiger partial charge >= 0.3 is 0 Å². The highest BCUT2D eigenvalue weighted by Crippen LogP contribution is 2.30. The summed E-state index contributed by atoms with van der Waals surface area (Å²) in [7, 11) is 0. The van der Waals surface area contributed by atoms with Crippen molar-refractivity contribution in [3.63, 3.8) is 0 Å². The van der Waals surface area contributed by atoms with E-state index in [9.17, 15) is 0 Å². The zero-order chi connectivity index (χ0) is 15.6. The van der Waals surface area contributed by atoms with Crippen molar-refractivity contribution in [2.75, 3.05) is 5.73 Å². The fraction of sp³-hybridized carbons (Fsp3) is 0.312. The van der Waals surface area contributed by atoms with Gasteiger partial charge in [-0.3, -0.25) is 0 Å². The van der Waals surface area contributed by atoms with Crippen LogP contribution >= 0.6 is 15.9 Å². The predicted molar refractivity (Wildman–Crippen MR) is 88.1 cm³/mol. The fourth-order valence-electron chi connectivity index (χ4n) is 1.89. The molecule has 0 fully saturated rings. The molecular weight excluding hydrogens is 332 g/mol. The van der Waals surface area contributed by atoms with Crippen LogP contribution in [0.3, 0.4) is 0 Å². The zero-order valence-corrected chi connectivity index (χ0v) is 14.2. The number of aromatic nitrogens is 1. The first kappa shape index (κ1) is 15.6. The molecule has 0 radical (unpaired) electrons. The standard InChI is InChI=1S/C16H19BrN2O2/c1-9(2)20-16-13(18)5-6-14(19-16)21-12-7-10(3)15(17)11(4)8-12/h5-9H,18H2,1-4H3. The number of nitrogens with zero attached hydrogens (tertiary/aromatic N) is 1. The summed E-state index contributed by atoms with van der Waals surface area (Å²) < 4.78 is 12.5. The highest BCUT2D eigenvalue weighted by molar-refractivity contribution is 9.10. The first-order valence-electron chi connectivity index (χ1n) is 6.74. The summed E-state index contributed by atoms with van der Waals surface area (Å²) in [5.41, 5.74) is 8.57. The Hall–Kier alpha value is -1.75. The van der Waals surface area contributed by atoms with E-state index in [4.69, 9.17) is 15.2 Å². The molecule has 0 atom stereocenters. The molecule has 0 bridgehead atoms. The van der Waals surface area contributed by atoms with E-state index in [0.717, 1.165) is 21.3 Å². The Morgan fingerprint density at radius 2 is 1.76 bits per heavy atom. The van der Waals surface area contributed by atoms with Gasteiger partial charge in [0, 0.05) is 10.5 Å². The van der Waals surface area contributed by atoms with Gasteiger partial charge in [0.15, 0.2) is 0 Å². The van der Waals surface area contributed by atoms with Gasteiger partial charge in [-0.15, -0.1) is 0 Å². The van der Waals surface area contributed by atoms with E-state index in [2.05, 4.69) is 20.9 Å². The molecular formula is C16H19BrN2O2. The molecule has 0 aliphatic carbocycles. The predicted octanol–water partition coefficient (Wildman–Crippen LogP) is 4.62. The Balaban J connectivity index is 2.27. The third kappa shape index (κ3) is 3.88. The average molecular weight is 351 g/mol. The van der Waals surface area contributed by atoms with Crippen LogP contribution in [0.4, 0.5) is 5.69 Å². The maximum atomic E-state index is 5.85. The van der Waals surface area contributed by atoms with Gasteiger partial charge in [-0.2, -0.15) is 4.98 Å². The highest BCUT2D eigenvalue weighted by atomic mass is 79.9. The molecule has 0 saturated heterocycles. The largest absolute Gasteiger partial charge is 0.473 e. The number of halogens is 1. The number of ether oxygens (including phenoxy) is 2. The highest BCUT2D eigenvalue weighted by Gasteiger charge is 2.09. The van der Waals surface area contributed by atoms with Crippen molar-refractivity contribution >= 4 is 21.6 Å². The number of aryl methyl sites for hydroxylation is 2. The molecule has 0 aliphatic rings. The smallest absolute Gasteiger partial charge is 0.240 e. The third-order valence-electron chi connectivity index (χ3n) is 2.84. The summed E-state index contributed by atoms with van der Waals surface area (Å²) in [4.78, 5) is 4.31. The number of hydrogen-bond donors (Lipinski definition) is 1. The number of pyridine rings is 1. The molecule has 0 unspecified atom stereocenters. The summed E-state index contributed by atoms with van der Waals surface area (Å²) in [6.45, 7) is 7.90. The second kappa shape index (κ2) is 6.35. The third-order valence-corrected chi connectivity index (χ3v) is 4.09. The molecule has 2 N–H and O–H groups in total. The Morgan fingerprint density at radius 1 is 1.14 bits per heavy atom. The van der Waals surface area contributed by atoms with E-state index >= 15 is 0 Å². The number of nitrogens with two attached hydrogens (primary N) is 1. The Kier molecular flexibility index (Phi) is 4.73. The SMILES string of the molecule is Cc1cc(Oc2ccc(N)c(OC(C)C)n2)cc(C)c1Br. The van der Waals surface area contributed by atoms with Crippen LogP contribution in [0.5, 0.6) is 17.5 Å². The molecule has 2 rings (SSSR count). The molecule has 5 heteroatoms. The molecule has 0 aliphatic heterocycles. The maximum absolute atomic E-state index is 5.85. The van der Waals surface area contributed by atoms with Gasteiger partial charge in [0.05, 0.1) is 11.8 Å². The monoisotopic (exact) mass is 350 g/mol. The molecule has 1 aromatic heterocycles. The van der Waals surface area contributed by atoms with Gasteiger partial charge < -0.3 is 15.2 Å². The topological polar surface area (TPSA) is 57.4 Å². The maximum Gasteiger partial charge on any atom is 0.240 e. The van der Waals surface area contributed by atoms with Crippen LogP contribution in [0.15, 0.2) is 28.7 Å². The molecule has 0 spiro atoms. The number of nitrogen functional groups attached to an aromatic ring is 1. The Bertz CT molecular complexity index is 634. The minimum Gasteiger partial charge on any atom is -0.473 e. The summed E-state index contributed by atoms with van der Waals surface area (Å²) >= 11 is 3.54. The zero-order valence-electron chi connectivity index (χ0n) is 12.6. The molecule has 0 amide bonds. The van der Waals surface area contributed by atoms with Crippen LogP contribution in [0.2, 0.25) is 0 Å². The lowest BCUT2D eigenvalue weighted by atomic mass is 10.1. The van der Waals surface area contributed by atoms with Crippen LogP contribution in [0, 0.1) is 13.8 Å². The van der Waals surface area contributed by atoms with E-state index in [1.165, 1.54) is 0 Å². The van der Waals surface area contributed by atoms with Crippen molar-refractivity contribution in [1.82, 2.24) is 4.98 Å². The minimum atomic E-state index is 0.00668. The van der Waals surface area contributed by atoms with Gasteiger partial charge in [-0.05, 0) is 57.0 Å². The van der Waals surface area contributed by atoms with Crippen molar-refractivity contribution < 1.29 is 9.47 Å². The van der Waals surface area contributed by atoms with Crippen molar-refractivity contribution in [3.8, 4) is 17.5 Å². The number of anilines is 1. The molecule has 1 aromatic carbocycles.